The van der Waals surface area contributed by atoms with Crippen molar-refractivity contribution in [1.82, 2.24) is 0 Å². The fourth-order valence-corrected chi connectivity index (χ4v) is 6.69. The molecule has 0 radical (unpaired) electrons. The van der Waals surface area contributed by atoms with Gasteiger partial charge >= 0.3 is 5.97 Å². The van der Waals surface area contributed by atoms with E-state index in [4.69, 9.17) is 28.4 Å². The van der Waals surface area contributed by atoms with E-state index in [-0.39, 0.29) is 12.0 Å². The minimum Gasteiger partial charge on any atom is -0.496 e. The summed E-state index contributed by atoms with van der Waals surface area (Å²) in [6.45, 7) is 3.27. The second-order valence-electron chi connectivity index (χ2n) is 11.0. The van der Waals surface area contributed by atoms with Crippen molar-refractivity contribution in [3.8, 4) is 34.5 Å². The Balaban J connectivity index is 1.48. The molecule has 7 heteroatoms. The molecule has 0 aliphatic carbocycles. The third kappa shape index (κ3) is 4.06. The van der Waals surface area contributed by atoms with Gasteiger partial charge in [-0.2, -0.15) is 0 Å². The molecule has 4 aromatic carbocycles. The van der Waals surface area contributed by atoms with Crippen LogP contribution < -0.4 is 28.4 Å². The van der Waals surface area contributed by atoms with E-state index < -0.39 is 11.8 Å². The number of methoxy groups -OCH3 is 2. The van der Waals surface area contributed by atoms with Crippen LogP contribution in [0.25, 0.3) is 0 Å². The number of rotatable bonds is 5. The molecule has 0 unspecified atom stereocenters. The normalized spacial score (nSPS) is 21.3. The maximum atomic E-state index is 12.0. The molecule has 0 saturated heterocycles. The minimum atomic E-state index is -1.13. The Labute approximate surface area is 244 Å². The highest BCUT2D eigenvalue weighted by molar-refractivity contribution is 5.73. The maximum absolute atomic E-state index is 12.0. The molecule has 3 aliphatic heterocycles. The lowest BCUT2D eigenvalue weighted by molar-refractivity contribution is -0.149. The second kappa shape index (κ2) is 10.0. The zero-order chi connectivity index (χ0) is 29.0. The molecule has 0 spiro atoms. The van der Waals surface area contributed by atoms with Crippen molar-refractivity contribution in [2.75, 3.05) is 14.2 Å². The summed E-state index contributed by atoms with van der Waals surface area (Å²) in [6, 6.07) is 23.9. The number of carbonyl (C=O) groups excluding carboxylic acids is 1. The van der Waals surface area contributed by atoms with Crippen LogP contribution in [0.3, 0.4) is 0 Å². The first kappa shape index (κ1) is 26.3. The van der Waals surface area contributed by atoms with Crippen LogP contribution in [-0.4, -0.2) is 20.2 Å². The van der Waals surface area contributed by atoms with Crippen LogP contribution in [0.4, 0.5) is 0 Å². The standard InChI is InChI=1S/C35H32O7/c1-20-27(39-21(2)36)17-29-31(33(20)38-4)25-19-35(41-29,23-13-9-6-10-14-23)42-30-18-28(37-3)24-15-16-26(40-34(24)32(25)30)22-11-7-5-8-12-22/h5-14,17-18,25-26H,15-16,19H2,1-4H3/t25-,26+,35-/m1/s1. The zero-order valence-electron chi connectivity index (χ0n) is 24.1. The molecule has 0 saturated carbocycles. The molecular weight excluding hydrogens is 532 g/mol. The predicted octanol–water partition coefficient (Wildman–Crippen LogP) is 7.16. The van der Waals surface area contributed by atoms with Gasteiger partial charge in [0.2, 0.25) is 0 Å². The molecule has 0 amide bonds. The van der Waals surface area contributed by atoms with E-state index in [1.807, 2.05) is 61.5 Å². The largest absolute Gasteiger partial charge is 0.496 e. The Morgan fingerprint density at radius 2 is 1.55 bits per heavy atom. The quantitative estimate of drug-likeness (QED) is 0.188. The smallest absolute Gasteiger partial charge is 0.308 e. The monoisotopic (exact) mass is 564 g/mol. The molecule has 0 aromatic heterocycles. The summed E-state index contributed by atoms with van der Waals surface area (Å²) in [5, 5.41) is 0. The number of carbonyl (C=O) groups is 1. The summed E-state index contributed by atoms with van der Waals surface area (Å²) < 4.78 is 38.0. The van der Waals surface area contributed by atoms with E-state index >= 15 is 0 Å². The third-order valence-electron chi connectivity index (χ3n) is 8.53. The number of benzene rings is 4. The topological polar surface area (TPSA) is 72.5 Å². The van der Waals surface area contributed by atoms with E-state index in [0.717, 1.165) is 57.7 Å². The van der Waals surface area contributed by atoms with Gasteiger partial charge in [-0.3, -0.25) is 4.79 Å². The van der Waals surface area contributed by atoms with Gasteiger partial charge in [0.1, 0.15) is 40.6 Å². The van der Waals surface area contributed by atoms with Crippen LogP contribution in [0, 0.1) is 6.92 Å². The van der Waals surface area contributed by atoms with Crippen LogP contribution in [0.5, 0.6) is 34.5 Å². The average molecular weight is 565 g/mol. The Morgan fingerprint density at radius 3 is 2.21 bits per heavy atom. The average Bonchev–Trinajstić information content (AvgIpc) is 3.01. The van der Waals surface area contributed by atoms with E-state index in [1.54, 1.807) is 20.3 Å². The fourth-order valence-electron chi connectivity index (χ4n) is 6.69. The summed E-state index contributed by atoms with van der Waals surface area (Å²) in [4.78, 5) is 12.0. The number of hydrogen-bond donors (Lipinski definition) is 0. The van der Waals surface area contributed by atoms with Crippen molar-refractivity contribution in [1.29, 1.82) is 0 Å². The molecular formula is C35H32O7. The van der Waals surface area contributed by atoms with Crippen LogP contribution in [-0.2, 0) is 17.0 Å². The molecule has 0 fully saturated rings. The molecule has 2 bridgehead atoms. The van der Waals surface area contributed by atoms with Crippen molar-refractivity contribution >= 4 is 5.97 Å². The molecule has 0 N–H and O–H groups in total. The van der Waals surface area contributed by atoms with Crippen molar-refractivity contribution in [2.24, 2.45) is 0 Å². The van der Waals surface area contributed by atoms with E-state index in [0.29, 0.717) is 29.4 Å². The Kier molecular flexibility index (Phi) is 6.26. The first-order valence-electron chi connectivity index (χ1n) is 14.2. The molecule has 4 aromatic rings. The number of ether oxygens (including phenoxy) is 6. The summed E-state index contributed by atoms with van der Waals surface area (Å²) >= 11 is 0. The van der Waals surface area contributed by atoms with Gasteiger partial charge in [-0.15, -0.1) is 0 Å². The fraction of sp³-hybridized carbons (Fsp3) is 0.286. The van der Waals surface area contributed by atoms with E-state index in [2.05, 4.69) is 12.1 Å². The Bertz CT molecular complexity index is 1680. The van der Waals surface area contributed by atoms with Gasteiger partial charge in [0, 0.05) is 59.2 Å². The van der Waals surface area contributed by atoms with Gasteiger partial charge in [0.25, 0.3) is 5.79 Å². The Hall–Kier alpha value is -4.65. The minimum absolute atomic E-state index is 0.106. The van der Waals surface area contributed by atoms with Gasteiger partial charge in [0.05, 0.1) is 14.2 Å². The van der Waals surface area contributed by atoms with Crippen molar-refractivity contribution < 1.29 is 33.2 Å². The number of esters is 1. The van der Waals surface area contributed by atoms with Crippen LogP contribution >= 0.6 is 0 Å². The number of fused-ring (bicyclic) bond motifs is 8. The highest BCUT2D eigenvalue weighted by atomic mass is 16.7. The first-order valence-corrected chi connectivity index (χ1v) is 14.2. The summed E-state index contributed by atoms with van der Waals surface area (Å²) in [6.07, 6.45) is 2.02. The highest BCUT2D eigenvalue weighted by Crippen LogP contribution is 2.62. The molecule has 3 heterocycles. The lowest BCUT2D eigenvalue weighted by atomic mass is 9.76. The third-order valence-corrected chi connectivity index (χ3v) is 8.53. The van der Waals surface area contributed by atoms with Crippen molar-refractivity contribution in [3.05, 3.63) is 106 Å². The molecule has 3 aliphatic rings. The van der Waals surface area contributed by atoms with Crippen LogP contribution in [0.15, 0.2) is 72.8 Å². The molecule has 42 heavy (non-hydrogen) atoms. The number of hydrogen-bond acceptors (Lipinski definition) is 7. The summed E-state index contributed by atoms with van der Waals surface area (Å²) in [5.41, 5.74) is 5.57. The van der Waals surface area contributed by atoms with E-state index in [1.165, 1.54) is 6.92 Å². The molecule has 3 atom stereocenters. The van der Waals surface area contributed by atoms with Gasteiger partial charge in [-0.1, -0.05) is 60.7 Å². The summed E-state index contributed by atoms with van der Waals surface area (Å²) in [5.74, 6) is 1.95. The highest BCUT2D eigenvalue weighted by Gasteiger charge is 2.53. The maximum Gasteiger partial charge on any atom is 0.308 e. The molecule has 214 valence electrons. The van der Waals surface area contributed by atoms with Crippen molar-refractivity contribution in [2.45, 2.75) is 50.9 Å². The van der Waals surface area contributed by atoms with Crippen LogP contribution in [0.2, 0.25) is 0 Å². The van der Waals surface area contributed by atoms with Crippen LogP contribution in [0.1, 0.15) is 65.2 Å². The van der Waals surface area contributed by atoms with Crippen molar-refractivity contribution in [3.63, 3.8) is 0 Å². The molecule has 7 rings (SSSR count). The van der Waals surface area contributed by atoms with Gasteiger partial charge in [0.15, 0.2) is 0 Å². The van der Waals surface area contributed by atoms with Gasteiger partial charge in [-0.05, 0) is 25.3 Å². The predicted molar refractivity (Wildman–Crippen MR) is 156 cm³/mol. The zero-order valence-corrected chi connectivity index (χ0v) is 24.1. The molecule has 7 nitrogen and oxygen atoms in total. The van der Waals surface area contributed by atoms with Gasteiger partial charge in [-0.25, -0.2) is 0 Å². The summed E-state index contributed by atoms with van der Waals surface area (Å²) in [7, 11) is 3.31. The second-order valence-corrected chi connectivity index (χ2v) is 11.0. The first-order chi connectivity index (χ1) is 20.4. The lowest BCUT2D eigenvalue weighted by Crippen LogP contribution is -2.47. The van der Waals surface area contributed by atoms with E-state index in [9.17, 15) is 4.79 Å². The lowest BCUT2D eigenvalue weighted by Gasteiger charge is -2.48. The SMILES string of the molecule is COc1cc2c(c3c1CC[C@@H](c1ccccc1)O3)[C@@H]1C[C@@](c3ccccc3)(Oc3cc(OC(C)=O)c(C)c(OC)c31)O2. The Morgan fingerprint density at radius 1 is 0.881 bits per heavy atom. The van der Waals surface area contributed by atoms with Gasteiger partial charge < -0.3 is 28.4 Å².